The number of nitrogens with zero attached hydrogens (tertiary/aromatic N) is 1. The molecule has 4 heteroatoms. The molecule has 17 heavy (non-hydrogen) atoms. The molecule has 0 aromatic heterocycles. The van der Waals surface area contributed by atoms with E-state index in [9.17, 15) is 10.2 Å². The summed E-state index contributed by atoms with van der Waals surface area (Å²) in [4.78, 5) is 2.17. The Bertz CT molecular complexity index is 215. The van der Waals surface area contributed by atoms with Gasteiger partial charge >= 0.3 is 0 Å². The van der Waals surface area contributed by atoms with E-state index in [1.165, 1.54) is 0 Å². The predicted octanol–water partition coefficient (Wildman–Crippen LogP) is 0.440. The van der Waals surface area contributed by atoms with Gasteiger partial charge in [-0.2, -0.15) is 0 Å². The number of β-amino-alcohol motifs (C(OH)–C–C–N with tert-alkyl or cyclic N) is 2. The Hall–Kier alpha value is -0.160. The molecule has 0 bridgehead atoms. The lowest BCUT2D eigenvalue weighted by molar-refractivity contribution is 0.0572. The molecule has 3 N–H and O–H groups in total. The summed E-state index contributed by atoms with van der Waals surface area (Å²) in [5, 5.41) is 22.6. The molecular weight excluding hydrogens is 216 g/mol. The summed E-state index contributed by atoms with van der Waals surface area (Å²) in [7, 11) is 0. The Labute approximate surface area is 105 Å². The summed E-state index contributed by atoms with van der Waals surface area (Å²) < 4.78 is 0. The molecule has 0 spiro atoms. The van der Waals surface area contributed by atoms with E-state index >= 15 is 0 Å². The topological polar surface area (TPSA) is 55.7 Å². The molecule has 0 aromatic carbocycles. The standard InChI is InChI=1S/C13H28N2O2/c1-4-6-14-9-13(3,5-2)10-15-7-11(16)12(17)8-15/h11-12,14,16-17H,4-10H2,1-3H3. The lowest BCUT2D eigenvalue weighted by atomic mass is 9.87. The molecule has 1 rings (SSSR count). The zero-order valence-corrected chi connectivity index (χ0v) is 11.4. The van der Waals surface area contributed by atoms with Crippen LogP contribution in [0, 0.1) is 5.41 Å². The number of hydrogen-bond acceptors (Lipinski definition) is 4. The minimum absolute atomic E-state index is 0.221. The van der Waals surface area contributed by atoms with Crippen LogP contribution in [0.1, 0.15) is 33.6 Å². The van der Waals surface area contributed by atoms with Crippen molar-refractivity contribution in [2.24, 2.45) is 5.41 Å². The van der Waals surface area contributed by atoms with E-state index in [-0.39, 0.29) is 5.41 Å². The van der Waals surface area contributed by atoms with Crippen molar-refractivity contribution in [3.63, 3.8) is 0 Å². The second kappa shape index (κ2) is 6.69. The Morgan fingerprint density at radius 1 is 1.24 bits per heavy atom. The summed E-state index contributed by atoms with van der Waals surface area (Å²) in [6.45, 7) is 10.8. The number of nitrogens with one attached hydrogen (secondary N) is 1. The van der Waals surface area contributed by atoms with E-state index in [0.29, 0.717) is 13.1 Å². The van der Waals surface area contributed by atoms with Crippen LogP contribution in [-0.4, -0.2) is 60.0 Å². The van der Waals surface area contributed by atoms with Gasteiger partial charge in [0.15, 0.2) is 0 Å². The number of aliphatic hydroxyl groups excluding tert-OH is 2. The third kappa shape index (κ3) is 4.54. The van der Waals surface area contributed by atoms with E-state index in [2.05, 4.69) is 31.0 Å². The van der Waals surface area contributed by atoms with Gasteiger partial charge in [-0.1, -0.05) is 20.8 Å². The van der Waals surface area contributed by atoms with Gasteiger partial charge in [-0.15, -0.1) is 0 Å². The zero-order valence-electron chi connectivity index (χ0n) is 11.4. The second-order valence-electron chi connectivity index (χ2n) is 5.67. The summed E-state index contributed by atoms with van der Waals surface area (Å²) >= 11 is 0. The lowest BCUT2D eigenvalue weighted by Crippen LogP contribution is -2.41. The number of aliphatic hydroxyl groups is 2. The first-order chi connectivity index (χ1) is 8.00. The maximum absolute atomic E-state index is 9.54. The Balaban J connectivity index is 2.40. The molecule has 102 valence electrons. The molecule has 1 aliphatic rings. The number of rotatable bonds is 7. The van der Waals surface area contributed by atoms with Gasteiger partial charge < -0.3 is 15.5 Å². The van der Waals surface area contributed by atoms with Crippen molar-refractivity contribution in [3.8, 4) is 0 Å². The van der Waals surface area contributed by atoms with Gasteiger partial charge in [-0.25, -0.2) is 0 Å². The maximum atomic E-state index is 9.54. The van der Waals surface area contributed by atoms with Crippen LogP contribution in [0.25, 0.3) is 0 Å². The van der Waals surface area contributed by atoms with Crippen LogP contribution in [0.2, 0.25) is 0 Å². The normalized spacial score (nSPS) is 29.5. The lowest BCUT2D eigenvalue weighted by Gasteiger charge is -2.33. The molecule has 4 nitrogen and oxygen atoms in total. The molecule has 0 saturated carbocycles. The summed E-state index contributed by atoms with van der Waals surface area (Å²) in [6.07, 6.45) is 1.12. The van der Waals surface area contributed by atoms with Gasteiger partial charge in [0.1, 0.15) is 0 Å². The van der Waals surface area contributed by atoms with Gasteiger partial charge in [0.25, 0.3) is 0 Å². The highest BCUT2D eigenvalue weighted by atomic mass is 16.3. The van der Waals surface area contributed by atoms with E-state index in [1.54, 1.807) is 0 Å². The summed E-state index contributed by atoms with van der Waals surface area (Å²) in [6, 6.07) is 0. The maximum Gasteiger partial charge on any atom is 0.0938 e. The first-order valence-electron chi connectivity index (χ1n) is 6.80. The van der Waals surface area contributed by atoms with Crippen molar-refractivity contribution in [3.05, 3.63) is 0 Å². The van der Waals surface area contributed by atoms with Crippen LogP contribution >= 0.6 is 0 Å². The van der Waals surface area contributed by atoms with Gasteiger partial charge in [0.05, 0.1) is 12.2 Å². The van der Waals surface area contributed by atoms with Crippen molar-refractivity contribution in [2.45, 2.75) is 45.8 Å². The van der Waals surface area contributed by atoms with E-state index in [4.69, 9.17) is 0 Å². The Morgan fingerprint density at radius 3 is 2.29 bits per heavy atom. The summed E-state index contributed by atoms with van der Waals surface area (Å²) in [5.74, 6) is 0. The molecule has 1 heterocycles. The third-order valence-corrected chi connectivity index (χ3v) is 3.77. The van der Waals surface area contributed by atoms with Crippen molar-refractivity contribution in [1.82, 2.24) is 10.2 Å². The predicted molar refractivity (Wildman–Crippen MR) is 70.0 cm³/mol. The van der Waals surface area contributed by atoms with Gasteiger partial charge in [0, 0.05) is 26.2 Å². The number of likely N-dealkylation sites (tertiary alicyclic amines) is 1. The molecule has 0 aromatic rings. The molecule has 1 saturated heterocycles. The van der Waals surface area contributed by atoms with Crippen molar-refractivity contribution in [2.75, 3.05) is 32.7 Å². The van der Waals surface area contributed by atoms with Gasteiger partial charge in [0.2, 0.25) is 0 Å². The highest BCUT2D eigenvalue weighted by Crippen LogP contribution is 2.24. The molecule has 0 amide bonds. The van der Waals surface area contributed by atoms with Crippen LogP contribution in [0.15, 0.2) is 0 Å². The first-order valence-corrected chi connectivity index (χ1v) is 6.80. The minimum atomic E-state index is -0.570. The van der Waals surface area contributed by atoms with Crippen molar-refractivity contribution >= 4 is 0 Å². The molecule has 3 unspecified atom stereocenters. The average Bonchev–Trinajstić information content (AvgIpc) is 2.58. The summed E-state index contributed by atoms with van der Waals surface area (Å²) in [5.41, 5.74) is 0.221. The first kappa shape index (κ1) is 14.9. The van der Waals surface area contributed by atoms with E-state index < -0.39 is 12.2 Å². The Kier molecular flexibility index (Phi) is 5.86. The van der Waals surface area contributed by atoms with Crippen molar-refractivity contribution in [1.29, 1.82) is 0 Å². The fourth-order valence-corrected chi connectivity index (χ4v) is 2.38. The molecule has 1 fully saturated rings. The van der Waals surface area contributed by atoms with Crippen molar-refractivity contribution < 1.29 is 10.2 Å². The second-order valence-corrected chi connectivity index (χ2v) is 5.67. The van der Waals surface area contributed by atoms with Crippen LogP contribution in [-0.2, 0) is 0 Å². The fraction of sp³-hybridized carbons (Fsp3) is 1.00. The minimum Gasteiger partial charge on any atom is -0.389 e. The quantitative estimate of drug-likeness (QED) is 0.569. The molecular formula is C13H28N2O2. The van der Waals surface area contributed by atoms with Crippen LogP contribution in [0.5, 0.6) is 0 Å². The monoisotopic (exact) mass is 244 g/mol. The average molecular weight is 244 g/mol. The van der Waals surface area contributed by atoms with Crippen LogP contribution in [0.3, 0.4) is 0 Å². The van der Waals surface area contributed by atoms with E-state index in [0.717, 1.165) is 32.5 Å². The van der Waals surface area contributed by atoms with Gasteiger partial charge in [-0.05, 0) is 24.8 Å². The van der Waals surface area contributed by atoms with Crippen LogP contribution in [0.4, 0.5) is 0 Å². The molecule has 1 aliphatic heterocycles. The fourth-order valence-electron chi connectivity index (χ4n) is 2.38. The molecule has 0 aliphatic carbocycles. The number of hydrogen-bond donors (Lipinski definition) is 3. The smallest absolute Gasteiger partial charge is 0.0938 e. The SMILES string of the molecule is CCCNCC(C)(CC)CN1CC(O)C(O)C1. The molecule has 0 radical (unpaired) electrons. The van der Waals surface area contributed by atoms with Gasteiger partial charge in [-0.3, -0.25) is 4.90 Å². The highest BCUT2D eigenvalue weighted by Gasteiger charge is 2.33. The zero-order chi connectivity index (χ0) is 12.9. The molecule has 3 atom stereocenters. The Morgan fingerprint density at radius 2 is 1.82 bits per heavy atom. The van der Waals surface area contributed by atoms with Crippen LogP contribution < -0.4 is 5.32 Å². The largest absolute Gasteiger partial charge is 0.389 e. The highest BCUT2D eigenvalue weighted by molar-refractivity contribution is 4.88. The third-order valence-electron chi connectivity index (χ3n) is 3.77. The van der Waals surface area contributed by atoms with E-state index in [1.807, 2.05) is 0 Å².